The predicted molar refractivity (Wildman–Crippen MR) is 492 cm³/mol. The summed E-state index contributed by atoms with van der Waals surface area (Å²) < 4.78 is 2.47. The van der Waals surface area contributed by atoms with E-state index in [9.17, 15) is 14.4 Å². The van der Waals surface area contributed by atoms with Crippen molar-refractivity contribution in [3.63, 3.8) is 0 Å². The van der Waals surface area contributed by atoms with Gasteiger partial charge in [-0.2, -0.15) is 46.9 Å². The Bertz CT molecular complexity index is 6090. The van der Waals surface area contributed by atoms with Gasteiger partial charge in [0.2, 0.25) is 0 Å². The van der Waals surface area contributed by atoms with Crippen molar-refractivity contribution >= 4 is 126 Å². The molecule has 3 N–H and O–H groups in total. The molecule has 125 heavy (non-hydrogen) atoms. The Balaban J connectivity index is 0.000000293. The molecule has 13 nitrogen and oxygen atoms in total. The van der Waals surface area contributed by atoms with Gasteiger partial charge in [0.15, 0.2) is 17.3 Å². The second-order valence-electron chi connectivity index (χ2n) is 25.6. The van der Waals surface area contributed by atoms with E-state index in [4.69, 9.17) is 15.3 Å². The van der Waals surface area contributed by atoms with E-state index in [-0.39, 0.29) is 155 Å². The van der Waals surface area contributed by atoms with Crippen molar-refractivity contribution < 1.29 is 150 Å². The fraction of sp³-hybridized carbons (Fsp3) is 0.0588. The van der Waals surface area contributed by atoms with Crippen LogP contribution in [0.25, 0.3) is 129 Å². The largest absolute Gasteiger partial charge is 0.512 e. The van der Waals surface area contributed by atoms with Gasteiger partial charge in [-0.05, 0) is 140 Å². The monoisotopic (exact) mass is 2780 g/mol. The zero-order valence-electron chi connectivity index (χ0n) is 67.9. The summed E-state index contributed by atoms with van der Waals surface area (Å²) in [5, 5.41) is 38.2. The number of fused-ring (bicyclic) bond motifs is 7. The molecule has 0 unspecified atom stereocenters. The van der Waals surface area contributed by atoms with Crippen molar-refractivity contribution in [3.05, 3.63) is 417 Å². The second-order valence-corrected chi connectivity index (χ2v) is 29.5. The third kappa shape index (κ3) is 36.7. The number of thiophene rings is 2. The number of aliphatic hydroxyl groups excluding tert-OH is 3. The number of rotatable bonds is 9. The van der Waals surface area contributed by atoms with Gasteiger partial charge in [-0.1, -0.05) is 137 Å². The first-order valence-corrected chi connectivity index (χ1v) is 40.7. The summed E-state index contributed by atoms with van der Waals surface area (Å²) in [5.41, 5.74) is 12.3. The standard InChI is InChI=1S/2C15H10N.C13H8NS.C13H8N.C11H6NS2.C11H8N.C9H6NS.3C5H8O2.6Ir/c1-2-6-12(7-3-1)15-10-13-8-4-5-9-14(13)11-16-15;1-2-6-12(7-3-1)15-11-10-13-8-4-5-9-14(13)16-15;1-2-6-10(7-3-1)13-14-11-8-4-5-9-12(11)15-13;1-2-6-12-10(4-1)7-8-11-5-3-9-14-13(11)12;1-2-5-9-8(4-1)12-11(14-9)10-6-3-7-13-10;1-2-6-10(7-3-1)11-8-4-5-9-12-11;1-2-6-10-8(4-1)9-5-3-7-11-9;3*1-4(6)3-5(2)7;;;;;;/h2*1-6,8-11H;1-6,8-9H;1-5,7-9H;1-5,7H;1-6,8-9H;1-4,6-7H;3*3,6H,1-2H3;;;;;;/q7*-1;;;;;;;;;. The van der Waals surface area contributed by atoms with Gasteiger partial charge < -0.3 is 35.3 Å². The van der Waals surface area contributed by atoms with Crippen LogP contribution in [0.5, 0.6) is 0 Å². The molecular weight excluding hydrogens is 2700 g/mol. The van der Waals surface area contributed by atoms with E-state index < -0.39 is 0 Å². The number of pyridine rings is 5. The molecule has 19 rings (SSSR count). The van der Waals surface area contributed by atoms with E-state index in [0.717, 1.165) is 92.3 Å². The fourth-order valence-electron chi connectivity index (χ4n) is 11.0. The number of thiazole rings is 2. The number of aromatic nitrogens is 7. The molecule has 0 aliphatic rings. The maximum absolute atomic E-state index is 10.0. The number of carbonyl (C=O) groups is 3. The maximum Gasteiger partial charge on any atom is 0.155 e. The van der Waals surface area contributed by atoms with E-state index in [0.29, 0.717) is 0 Å². The first kappa shape index (κ1) is 107. The van der Waals surface area contributed by atoms with Crippen molar-refractivity contribution in [1.29, 1.82) is 0 Å². The molecule has 9 aromatic heterocycles. The molecule has 10 aromatic carbocycles. The molecule has 6 radical (unpaired) electrons. The van der Waals surface area contributed by atoms with Crippen LogP contribution in [-0.4, -0.2) is 67.6 Å². The Labute approximate surface area is 826 Å². The minimum Gasteiger partial charge on any atom is -0.512 e. The fourth-order valence-corrected chi connectivity index (χ4v) is 14.3. The number of ketones is 3. The molecule has 0 fully saturated rings. The molecule has 23 heteroatoms. The Kier molecular flexibility index (Phi) is 50.4. The van der Waals surface area contributed by atoms with E-state index in [2.05, 4.69) is 144 Å². The van der Waals surface area contributed by atoms with Crippen LogP contribution in [0, 0.1) is 42.5 Å². The third-order valence-corrected chi connectivity index (χ3v) is 20.0. The number of hydrogen-bond donors (Lipinski definition) is 3. The van der Waals surface area contributed by atoms with Gasteiger partial charge in [0, 0.05) is 183 Å². The molecule has 0 saturated heterocycles. The normalized spacial score (nSPS) is 10.1. The molecule has 0 saturated carbocycles. The van der Waals surface area contributed by atoms with Crippen LogP contribution in [0.3, 0.4) is 0 Å². The summed E-state index contributed by atoms with van der Waals surface area (Å²) in [5.74, 6) is -0.187. The van der Waals surface area contributed by atoms with Crippen molar-refractivity contribution in [2.24, 2.45) is 0 Å². The Morgan fingerprint density at radius 2 is 0.712 bits per heavy atom. The second kappa shape index (κ2) is 58.8. The van der Waals surface area contributed by atoms with Crippen molar-refractivity contribution in [2.75, 3.05) is 0 Å². The number of benzene rings is 10. The molecule has 644 valence electrons. The zero-order valence-corrected chi connectivity index (χ0v) is 85.5. The van der Waals surface area contributed by atoms with Crippen molar-refractivity contribution in [3.8, 4) is 64.8 Å². The minimum absolute atomic E-state index is 0. The third-order valence-electron chi connectivity index (χ3n) is 16.0. The number of hydrogen-bond acceptors (Lipinski definition) is 17. The van der Waals surface area contributed by atoms with Crippen LogP contribution in [0.4, 0.5) is 0 Å². The minimum atomic E-state index is -0.125. The van der Waals surface area contributed by atoms with Gasteiger partial charge in [0.25, 0.3) is 0 Å². The van der Waals surface area contributed by atoms with E-state index >= 15 is 0 Å². The first-order valence-electron chi connectivity index (χ1n) is 37.3. The summed E-state index contributed by atoms with van der Waals surface area (Å²) in [6, 6.07) is 123. The molecule has 0 amide bonds. The summed E-state index contributed by atoms with van der Waals surface area (Å²) >= 11 is 6.77. The molecule has 0 aliphatic carbocycles. The van der Waals surface area contributed by atoms with Crippen molar-refractivity contribution in [1.82, 2.24) is 34.9 Å². The molecule has 0 aliphatic heterocycles. The Hall–Kier alpha value is -10.3. The van der Waals surface area contributed by atoms with Crippen LogP contribution in [-0.2, 0) is 135 Å². The Morgan fingerprint density at radius 1 is 0.304 bits per heavy atom. The van der Waals surface area contributed by atoms with Gasteiger partial charge in [0.1, 0.15) is 0 Å². The number of allylic oxidation sites excluding steroid dienone is 6. The summed E-state index contributed by atoms with van der Waals surface area (Å²) in [7, 11) is 0. The molecule has 0 atom stereocenters. The average Bonchev–Trinajstić information content (AvgIpc) is 1.65. The van der Waals surface area contributed by atoms with Gasteiger partial charge in [0.05, 0.1) is 33.8 Å². The van der Waals surface area contributed by atoms with E-state index in [1.165, 1.54) is 96.1 Å². The number of carbonyl (C=O) groups excluding carboxylic acids is 3. The van der Waals surface area contributed by atoms with E-state index in [1.54, 1.807) is 57.7 Å². The van der Waals surface area contributed by atoms with Crippen LogP contribution in [0.2, 0.25) is 0 Å². The number of para-hydroxylation sites is 3. The molecular formula is C102H80Ir6N7O6S4-7. The predicted octanol–water partition coefficient (Wildman–Crippen LogP) is 26.4. The summed E-state index contributed by atoms with van der Waals surface area (Å²) in [4.78, 5) is 63.3. The zero-order chi connectivity index (χ0) is 83.8. The molecule has 0 spiro atoms. The van der Waals surface area contributed by atoms with E-state index in [1.807, 2.05) is 260 Å². The number of aliphatic hydroxyl groups is 3. The summed E-state index contributed by atoms with van der Waals surface area (Å²) in [6.07, 6.45) is 10.8. The maximum atomic E-state index is 10.0. The van der Waals surface area contributed by atoms with Gasteiger partial charge in [-0.15, -0.1) is 189 Å². The molecule has 9 heterocycles. The van der Waals surface area contributed by atoms with Crippen LogP contribution in [0.1, 0.15) is 41.5 Å². The molecule has 19 aromatic rings. The van der Waals surface area contributed by atoms with Crippen LogP contribution >= 0.6 is 45.3 Å². The van der Waals surface area contributed by atoms with Crippen molar-refractivity contribution in [2.45, 2.75) is 41.5 Å². The SMILES string of the molecule is CC(=O)C=C(C)O.CC(=O)C=C(C)O.CC(=O)C=C(C)O.[Ir].[Ir].[Ir].[Ir].[Ir].[Ir].[c-]1cccc2ccc3cccnc3c12.[c-]1ccccc1-c1cc2ccccc2cn1.[c-]1ccccc1-c1ccc2ccccc2n1.[c-]1ccccc1-c1ccccn1.[c-]1ccccc1-c1nc2ccccc2s1.[c-]1ccsc1-c1ccccn1.[c-]1ccsc1-c1nc2ccccc2s1. The summed E-state index contributed by atoms with van der Waals surface area (Å²) in [6.45, 7) is 8.54. The molecule has 0 bridgehead atoms. The smallest absolute Gasteiger partial charge is 0.155 e. The van der Waals surface area contributed by atoms with Gasteiger partial charge in [-0.25, -0.2) is 22.7 Å². The number of nitrogens with zero attached hydrogens (tertiary/aromatic N) is 7. The quantitative estimate of drug-likeness (QED) is 0.0534. The van der Waals surface area contributed by atoms with Crippen LogP contribution < -0.4 is 0 Å². The van der Waals surface area contributed by atoms with Crippen LogP contribution in [0.15, 0.2) is 374 Å². The first-order chi connectivity index (χ1) is 58.0. The topological polar surface area (TPSA) is 202 Å². The van der Waals surface area contributed by atoms with Gasteiger partial charge in [-0.3, -0.25) is 29.3 Å². The Morgan fingerprint density at radius 3 is 1.20 bits per heavy atom. The average molecular weight is 2780 g/mol. The van der Waals surface area contributed by atoms with Gasteiger partial charge >= 0.3 is 0 Å².